The van der Waals surface area contributed by atoms with E-state index in [9.17, 15) is 4.79 Å². The molecule has 0 fully saturated rings. The number of carbonyl (C=O) groups excluding carboxylic acids is 1. The lowest BCUT2D eigenvalue weighted by Crippen LogP contribution is -2.35. The van der Waals surface area contributed by atoms with E-state index in [1.54, 1.807) is 6.20 Å². The van der Waals surface area contributed by atoms with Gasteiger partial charge >= 0.3 is 0 Å². The van der Waals surface area contributed by atoms with Crippen molar-refractivity contribution < 1.29 is 9.21 Å². The predicted molar refractivity (Wildman–Crippen MR) is 65.4 cm³/mol. The topological polar surface area (TPSA) is 55.1 Å². The molecule has 1 aromatic heterocycles. The zero-order chi connectivity index (χ0) is 12.3. The molecule has 0 radical (unpaired) electrons. The minimum atomic E-state index is -0.208. The van der Waals surface area contributed by atoms with Crippen molar-refractivity contribution in [1.82, 2.24) is 10.3 Å². The standard InChI is InChI=1S/C11H17BrN2O2/c1-6(2)9(12)10(15)14-8(4)11-13-5-7(3)16-11/h5-6,8-9H,1-4H3,(H,14,15). The highest BCUT2D eigenvalue weighted by molar-refractivity contribution is 9.10. The summed E-state index contributed by atoms with van der Waals surface area (Å²) in [6.45, 7) is 7.65. The van der Waals surface area contributed by atoms with Crippen molar-refractivity contribution in [2.24, 2.45) is 5.92 Å². The molecule has 16 heavy (non-hydrogen) atoms. The number of hydrogen-bond acceptors (Lipinski definition) is 3. The van der Waals surface area contributed by atoms with Crippen LogP contribution in [0.5, 0.6) is 0 Å². The first-order valence-electron chi connectivity index (χ1n) is 5.28. The predicted octanol–water partition coefficient (Wildman–Crippen LogP) is 2.58. The Balaban J connectivity index is 2.58. The summed E-state index contributed by atoms with van der Waals surface area (Å²) in [6, 6.07) is -0.208. The second-order valence-electron chi connectivity index (χ2n) is 4.19. The zero-order valence-corrected chi connectivity index (χ0v) is 11.5. The lowest BCUT2D eigenvalue weighted by molar-refractivity contribution is -0.121. The fourth-order valence-corrected chi connectivity index (χ4v) is 1.36. The van der Waals surface area contributed by atoms with Crippen LogP contribution in [0.2, 0.25) is 0 Å². The monoisotopic (exact) mass is 288 g/mol. The van der Waals surface area contributed by atoms with Gasteiger partial charge in [0.2, 0.25) is 11.8 Å². The normalized spacial score (nSPS) is 14.9. The molecule has 2 unspecified atom stereocenters. The molecule has 5 heteroatoms. The van der Waals surface area contributed by atoms with Gasteiger partial charge in [-0.3, -0.25) is 4.79 Å². The van der Waals surface area contributed by atoms with Gasteiger partial charge in [0.1, 0.15) is 11.8 Å². The number of amides is 1. The molecule has 1 aromatic rings. The van der Waals surface area contributed by atoms with Crippen molar-refractivity contribution in [2.75, 3.05) is 0 Å². The number of halogens is 1. The number of rotatable bonds is 4. The molecule has 1 rings (SSSR count). The Morgan fingerprint density at radius 1 is 1.50 bits per heavy atom. The summed E-state index contributed by atoms with van der Waals surface area (Å²) < 4.78 is 5.35. The van der Waals surface area contributed by atoms with Crippen molar-refractivity contribution in [3.63, 3.8) is 0 Å². The summed E-state index contributed by atoms with van der Waals surface area (Å²) >= 11 is 3.35. The number of nitrogens with one attached hydrogen (secondary N) is 1. The summed E-state index contributed by atoms with van der Waals surface area (Å²) in [7, 11) is 0. The molecule has 0 aliphatic heterocycles. The van der Waals surface area contributed by atoms with E-state index in [0.717, 1.165) is 5.76 Å². The number of hydrogen-bond donors (Lipinski definition) is 1. The van der Waals surface area contributed by atoms with Crippen LogP contribution in [0.15, 0.2) is 10.6 Å². The molecule has 0 saturated heterocycles. The van der Waals surface area contributed by atoms with E-state index in [1.165, 1.54) is 0 Å². The Kier molecular flexibility index (Phi) is 4.53. The Morgan fingerprint density at radius 2 is 2.12 bits per heavy atom. The highest BCUT2D eigenvalue weighted by Gasteiger charge is 2.22. The quantitative estimate of drug-likeness (QED) is 0.867. The van der Waals surface area contributed by atoms with Gasteiger partial charge in [-0.15, -0.1) is 0 Å². The highest BCUT2D eigenvalue weighted by Crippen LogP contribution is 2.16. The molecule has 2 atom stereocenters. The fourth-order valence-electron chi connectivity index (χ4n) is 1.23. The second kappa shape index (κ2) is 5.48. The summed E-state index contributed by atoms with van der Waals surface area (Å²) in [5.74, 6) is 1.49. The molecular formula is C11H17BrN2O2. The fraction of sp³-hybridized carbons (Fsp3) is 0.636. The van der Waals surface area contributed by atoms with Gasteiger partial charge in [0, 0.05) is 0 Å². The van der Waals surface area contributed by atoms with Crippen molar-refractivity contribution in [3.8, 4) is 0 Å². The lowest BCUT2D eigenvalue weighted by Gasteiger charge is -2.16. The summed E-state index contributed by atoms with van der Waals surface area (Å²) in [4.78, 5) is 15.6. The highest BCUT2D eigenvalue weighted by atomic mass is 79.9. The van der Waals surface area contributed by atoms with E-state index < -0.39 is 0 Å². The zero-order valence-electron chi connectivity index (χ0n) is 9.95. The smallest absolute Gasteiger partial charge is 0.234 e. The van der Waals surface area contributed by atoms with Crippen molar-refractivity contribution >= 4 is 21.8 Å². The van der Waals surface area contributed by atoms with Crippen LogP contribution in [-0.2, 0) is 4.79 Å². The molecule has 0 aliphatic rings. The Hall–Kier alpha value is -0.840. The number of carbonyl (C=O) groups is 1. The molecule has 0 spiro atoms. The SMILES string of the molecule is Cc1cnc(C(C)NC(=O)C(Br)C(C)C)o1. The maximum atomic E-state index is 11.7. The first kappa shape index (κ1) is 13.2. The number of oxazole rings is 1. The Labute approximate surface area is 104 Å². The Bertz CT molecular complexity index is 363. The molecule has 0 saturated carbocycles. The minimum Gasteiger partial charge on any atom is -0.444 e. The molecule has 90 valence electrons. The lowest BCUT2D eigenvalue weighted by atomic mass is 10.1. The number of nitrogens with zero attached hydrogens (tertiary/aromatic N) is 1. The van der Waals surface area contributed by atoms with Gasteiger partial charge in [0.15, 0.2) is 0 Å². The maximum Gasteiger partial charge on any atom is 0.234 e. The molecule has 0 bridgehead atoms. The van der Waals surface area contributed by atoms with Gasteiger partial charge in [-0.25, -0.2) is 4.98 Å². The van der Waals surface area contributed by atoms with E-state index in [0.29, 0.717) is 5.89 Å². The van der Waals surface area contributed by atoms with Crippen LogP contribution in [-0.4, -0.2) is 15.7 Å². The summed E-state index contributed by atoms with van der Waals surface area (Å²) in [5, 5.41) is 2.85. The van der Waals surface area contributed by atoms with Gasteiger partial charge in [0.05, 0.1) is 11.0 Å². The first-order valence-corrected chi connectivity index (χ1v) is 6.20. The van der Waals surface area contributed by atoms with E-state index >= 15 is 0 Å². The minimum absolute atomic E-state index is 0.0432. The number of aromatic nitrogens is 1. The third kappa shape index (κ3) is 3.33. The second-order valence-corrected chi connectivity index (χ2v) is 5.17. The van der Waals surface area contributed by atoms with Crippen LogP contribution < -0.4 is 5.32 Å². The van der Waals surface area contributed by atoms with E-state index in [4.69, 9.17) is 4.42 Å². The molecule has 1 heterocycles. The van der Waals surface area contributed by atoms with E-state index in [2.05, 4.69) is 26.2 Å². The molecule has 1 N–H and O–H groups in total. The van der Waals surface area contributed by atoms with Gasteiger partial charge < -0.3 is 9.73 Å². The van der Waals surface area contributed by atoms with Crippen LogP contribution in [0.25, 0.3) is 0 Å². The number of aryl methyl sites for hydroxylation is 1. The average Bonchev–Trinajstić information content (AvgIpc) is 2.63. The van der Waals surface area contributed by atoms with Crippen LogP contribution in [0.4, 0.5) is 0 Å². The van der Waals surface area contributed by atoms with E-state index in [-0.39, 0.29) is 22.7 Å². The molecule has 1 amide bonds. The van der Waals surface area contributed by atoms with Crippen LogP contribution >= 0.6 is 15.9 Å². The van der Waals surface area contributed by atoms with Crippen molar-refractivity contribution in [3.05, 3.63) is 17.8 Å². The van der Waals surface area contributed by atoms with E-state index in [1.807, 2.05) is 27.7 Å². The molecule has 0 aromatic carbocycles. The average molecular weight is 289 g/mol. The van der Waals surface area contributed by atoms with Crippen LogP contribution in [0, 0.1) is 12.8 Å². The number of alkyl halides is 1. The van der Waals surface area contributed by atoms with Crippen LogP contribution in [0.3, 0.4) is 0 Å². The van der Waals surface area contributed by atoms with Gasteiger partial charge in [-0.05, 0) is 19.8 Å². The van der Waals surface area contributed by atoms with Gasteiger partial charge in [0.25, 0.3) is 0 Å². The van der Waals surface area contributed by atoms with Crippen molar-refractivity contribution in [2.45, 2.75) is 38.6 Å². The summed E-state index contributed by atoms with van der Waals surface area (Å²) in [5.41, 5.74) is 0. The third-order valence-electron chi connectivity index (χ3n) is 2.20. The molecular weight excluding hydrogens is 272 g/mol. The third-order valence-corrected chi connectivity index (χ3v) is 3.68. The van der Waals surface area contributed by atoms with Gasteiger partial charge in [-0.1, -0.05) is 29.8 Å². The Morgan fingerprint density at radius 3 is 2.56 bits per heavy atom. The largest absolute Gasteiger partial charge is 0.444 e. The molecule has 4 nitrogen and oxygen atoms in total. The van der Waals surface area contributed by atoms with Crippen LogP contribution in [0.1, 0.15) is 38.5 Å². The van der Waals surface area contributed by atoms with Crippen molar-refractivity contribution in [1.29, 1.82) is 0 Å². The first-order chi connectivity index (χ1) is 7.41. The maximum absolute atomic E-state index is 11.7. The molecule has 0 aliphatic carbocycles. The summed E-state index contributed by atoms with van der Waals surface area (Å²) in [6.07, 6.45) is 1.64. The van der Waals surface area contributed by atoms with Gasteiger partial charge in [-0.2, -0.15) is 0 Å².